The summed E-state index contributed by atoms with van der Waals surface area (Å²) in [5.41, 5.74) is 7.78. The maximum Gasteiger partial charge on any atom is 0.255 e. The van der Waals surface area contributed by atoms with Gasteiger partial charge in [-0.3, -0.25) is 9.78 Å². The molecule has 2 rings (SSSR count). The van der Waals surface area contributed by atoms with Crippen molar-refractivity contribution in [2.75, 3.05) is 13.7 Å². The standard InChI is InChI=1S/C19H31N3O2/c1-6-7-10-24-17-11-16(19(17,3)4)22(5)18(23)15-9-8-14(12-20)21-13(15)2/h8-9,16-17H,6-7,10-12,20H2,1-5H3/t16-,17+/m1/s1. The highest BCUT2D eigenvalue weighted by molar-refractivity contribution is 5.95. The monoisotopic (exact) mass is 333 g/mol. The lowest BCUT2D eigenvalue weighted by atomic mass is 9.63. The van der Waals surface area contributed by atoms with Crippen LogP contribution in [0.1, 0.15) is 61.8 Å². The van der Waals surface area contributed by atoms with Crippen LogP contribution in [0.5, 0.6) is 0 Å². The summed E-state index contributed by atoms with van der Waals surface area (Å²) in [5, 5.41) is 0. The Kier molecular flexibility index (Phi) is 5.99. The molecule has 5 nitrogen and oxygen atoms in total. The highest BCUT2D eigenvalue weighted by Gasteiger charge is 2.52. The molecule has 0 aromatic carbocycles. The molecular weight excluding hydrogens is 302 g/mol. The number of hydrogen-bond acceptors (Lipinski definition) is 4. The lowest BCUT2D eigenvalue weighted by Gasteiger charge is -2.55. The molecule has 2 atom stereocenters. The number of pyridine rings is 1. The van der Waals surface area contributed by atoms with Gasteiger partial charge in [0, 0.05) is 31.7 Å². The van der Waals surface area contributed by atoms with E-state index in [2.05, 4.69) is 25.8 Å². The van der Waals surface area contributed by atoms with Crippen LogP contribution in [0.4, 0.5) is 0 Å². The van der Waals surface area contributed by atoms with E-state index in [1.807, 2.05) is 31.0 Å². The molecule has 2 N–H and O–H groups in total. The third-order valence-corrected chi connectivity index (χ3v) is 5.31. The fourth-order valence-corrected chi connectivity index (χ4v) is 3.46. The molecule has 0 radical (unpaired) electrons. The van der Waals surface area contributed by atoms with Gasteiger partial charge in [0.1, 0.15) is 0 Å². The van der Waals surface area contributed by atoms with Crippen LogP contribution in [0, 0.1) is 12.3 Å². The van der Waals surface area contributed by atoms with Gasteiger partial charge in [0.25, 0.3) is 5.91 Å². The lowest BCUT2D eigenvalue weighted by molar-refractivity contribution is -0.140. The van der Waals surface area contributed by atoms with Crippen molar-refractivity contribution in [2.24, 2.45) is 11.1 Å². The molecule has 1 aromatic rings. The fraction of sp³-hybridized carbons (Fsp3) is 0.684. The van der Waals surface area contributed by atoms with E-state index in [9.17, 15) is 4.79 Å². The first-order valence-corrected chi connectivity index (χ1v) is 8.88. The van der Waals surface area contributed by atoms with E-state index in [0.717, 1.165) is 37.3 Å². The quantitative estimate of drug-likeness (QED) is 0.779. The smallest absolute Gasteiger partial charge is 0.255 e. The van der Waals surface area contributed by atoms with Gasteiger partial charge in [0.05, 0.1) is 23.1 Å². The normalized spacial score (nSPS) is 22.1. The van der Waals surface area contributed by atoms with Crippen molar-refractivity contribution in [1.29, 1.82) is 0 Å². The first-order valence-electron chi connectivity index (χ1n) is 8.88. The van der Waals surface area contributed by atoms with Gasteiger partial charge in [-0.25, -0.2) is 0 Å². The molecule has 1 aromatic heterocycles. The minimum atomic E-state index is -0.0311. The number of hydrogen-bond donors (Lipinski definition) is 1. The summed E-state index contributed by atoms with van der Waals surface area (Å²) in [6.45, 7) is 9.59. The van der Waals surface area contributed by atoms with Crippen LogP contribution in [0.25, 0.3) is 0 Å². The first-order chi connectivity index (χ1) is 11.3. The van der Waals surface area contributed by atoms with E-state index >= 15 is 0 Å². The highest BCUT2D eigenvalue weighted by Crippen LogP contribution is 2.45. The summed E-state index contributed by atoms with van der Waals surface area (Å²) >= 11 is 0. The minimum absolute atomic E-state index is 0.0219. The number of amides is 1. The van der Waals surface area contributed by atoms with Crippen LogP contribution in [0.3, 0.4) is 0 Å². The van der Waals surface area contributed by atoms with E-state index in [1.165, 1.54) is 0 Å². The van der Waals surface area contributed by atoms with Crippen molar-refractivity contribution in [2.45, 2.75) is 65.6 Å². The molecule has 1 heterocycles. The van der Waals surface area contributed by atoms with Gasteiger partial charge in [0.2, 0.25) is 0 Å². The third-order valence-electron chi connectivity index (χ3n) is 5.31. The predicted molar refractivity (Wildman–Crippen MR) is 95.8 cm³/mol. The molecule has 134 valence electrons. The average Bonchev–Trinajstić information content (AvgIpc) is 2.56. The first kappa shape index (κ1) is 18.9. The zero-order chi connectivity index (χ0) is 17.9. The van der Waals surface area contributed by atoms with Crippen LogP contribution in [0.2, 0.25) is 0 Å². The van der Waals surface area contributed by atoms with E-state index < -0.39 is 0 Å². The number of carbonyl (C=O) groups excluding carboxylic acids is 1. The Morgan fingerprint density at radius 1 is 1.46 bits per heavy atom. The molecule has 0 saturated heterocycles. The number of ether oxygens (including phenoxy) is 1. The van der Waals surface area contributed by atoms with Gasteiger partial charge in [-0.15, -0.1) is 0 Å². The van der Waals surface area contributed by atoms with Gasteiger partial charge >= 0.3 is 0 Å². The highest BCUT2D eigenvalue weighted by atomic mass is 16.5. The van der Waals surface area contributed by atoms with Gasteiger partial charge in [0.15, 0.2) is 0 Å². The second-order valence-electron chi connectivity index (χ2n) is 7.34. The van der Waals surface area contributed by atoms with Gasteiger partial charge < -0.3 is 15.4 Å². The zero-order valence-electron chi connectivity index (χ0n) is 15.6. The molecule has 5 heteroatoms. The Morgan fingerprint density at radius 2 is 2.17 bits per heavy atom. The third kappa shape index (κ3) is 3.62. The second kappa shape index (κ2) is 7.62. The maximum absolute atomic E-state index is 12.9. The van der Waals surface area contributed by atoms with Crippen molar-refractivity contribution < 1.29 is 9.53 Å². The summed E-state index contributed by atoms with van der Waals surface area (Å²) in [7, 11) is 1.88. The van der Waals surface area contributed by atoms with Crippen LogP contribution < -0.4 is 5.73 Å². The van der Waals surface area contributed by atoms with E-state index in [1.54, 1.807) is 0 Å². The number of nitrogens with two attached hydrogens (primary N) is 1. The minimum Gasteiger partial charge on any atom is -0.378 e. The maximum atomic E-state index is 12.9. The summed E-state index contributed by atoms with van der Waals surface area (Å²) in [6.07, 6.45) is 3.35. The van der Waals surface area contributed by atoms with Crippen molar-refractivity contribution in [3.63, 3.8) is 0 Å². The molecule has 1 aliphatic carbocycles. The molecule has 0 spiro atoms. The average molecular weight is 333 g/mol. The summed E-state index contributed by atoms with van der Waals surface area (Å²) in [4.78, 5) is 19.1. The molecule has 1 amide bonds. The molecule has 1 aliphatic rings. The van der Waals surface area contributed by atoms with Gasteiger partial charge in [-0.05, 0) is 31.9 Å². The molecule has 0 bridgehead atoms. The fourth-order valence-electron chi connectivity index (χ4n) is 3.46. The van der Waals surface area contributed by atoms with E-state index in [0.29, 0.717) is 12.1 Å². The largest absolute Gasteiger partial charge is 0.378 e. The summed E-state index contributed by atoms with van der Waals surface area (Å²) in [6, 6.07) is 3.85. The van der Waals surface area contributed by atoms with Crippen molar-refractivity contribution >= 4 is 5.91 Å². The number of aromatic nitrogens is 1. The number of carbonyl (C=O) groups is 1. The van der Waals surface area contributed by atoms with Crippen LogP contribution in [-0.4, -0.2) is 41.6 Å². The summed E-state index contributed by atoms with van der Waals surface area (Å²) < 4.78 is 5.99. The number of rotatable bonds is 7. The SMILES string of the molecule is CCCCO[C@H]1C[C@@H](N(C)C(=O)c2ccc(CN)nc2C)C1(C)C. The van der Waals surface area contributed by atoms with Crippen molar-refractivity contribution in [3.8, 4) is 0 Å². The number of unbranched alkanes of at least 4 members (excludes halogenated alkanes) is 1. The van der Waals surface area contributed by atoms with Crippen molar-refractivity contribution in [1.82, 2.24) is 9.88 Å². The topological polar surface area (TPSA) is 68.5 Å². The van der Waals surface area contributed by atoms with Crippen molar-refractivity contribution in [3.05, 3.63) is 29.1 Å². The van der Waals surface area contributed by atoms with E-state index in [4.69, 9.17) is 10.5 Å². The molecule has 0 aliphatic heterocycles. The molecular formula is C19H31N3O2. The Labute approximate surface area is 145 Å². The Bertz CT molecular complexity index is 586. The van der Waals surface area contributed by atoms with E-state index in [-0.39, 0.29) is 23.5 Å². The second-order valence-corrected chi connectivity index (χ2v) is 7.34. The van der Waals surface area contributed by atoms with Crippen LogP contribution in [0.15, 0.2) is 12.1 Å². The van der Waals surface area contributed by atoms with Gasteiger partial charge in [-0.2, -0.15) is 0 Å². The number of nitrogens with zero attached hydrogens (tertiary/aromatic N) is 2. The molecule has 0 unspecified atom stereocenters. The molecule has 1 saturated carbocycles. The Balaban J connectivity index is 2.04. The predicted octanol–water partition coefficient (Wildman–Crippen LogP) is 2.90. The Hall–Kier alpha value is -1.46. The van der Waals surface area contributed by atoms with Crippen LogP contribution in [-0.2, 0) is 11.3 Å². The van der Waals surface area contributed by atoms with Gasteiger partial charge in [-0.1, -0.05) is 27.2 Å². The van der Waals surface area contributed by atoms with Crippen LogP contribution >= 0.6 is 0 Å². The molecule has 24 heavy (non-hydrogen) atoms. The summed E-state index contributed by atoms with van der Waals surface area (Å²) in [5.74, 6) is 0.0219. The molecule has 1 fully saturated rings. The lowest BCUT2D eigenvalue weighted by Crippen LogP contribution is -2.62. The Morgan fingerprint density at radius 3 is 2.71 bits per heavy atom. The number of aryl methyl sites for hydroxylation is 1. The zero-order valence-corrected chi connectivity index (χ0v) is 15.6.